The van der Waals surface area contributed by atoms with Crippen LogP contribution in [0.3, 0.4) is 0 Å². The molecule has 1 aromatic carbocycles. The number of rotatable bonds is 3. The zero-order chi connectivity index (χ0) is 13.1. The predicted octanol–water partition coefficient (Wildman–Crippen LogP) is 1.31. The average Bonchev–Trinajstić information content (AvgIpc) is 2.56. The van der Waals surface area contributed by atoms with Crippen LogP contribution in [-0.2, 0) is 6.54 Å². The van der Waals surface area contributed by atoms with Crippen LogP contribution in [0.4, 0.5) is 4.39 Å². The van der Waals surface area contributed by atoms with Crippen molar-refractivity contribution in [1.82, 2.24) is 15.1 Å². The highest BCUT2D eigenvalue weighted by Gasteiger charge is 2.26. The second-order valence-electron chi connectivity index (χ2n) is 5.60. The minimum atomic E-state index is -0.150. The Bertz CT molecular complexity index is 402. The standard InChI is InChI=1S/C15H22FN3/c16-14-4-2-13(3-5-14)12-18-6-1-7-19(9-8-18)15-10-17-11-15/h2-5,15,17H,1,6-12H2. The summed E-state index contributed by atoms with van der Waals surface area (Å²) in [5.74, 6) is -0.150. The van der Waals surface area contributed by atoms with Crippen LogP contribution in [0.25, 0.3) is 0 Å². The van der Waals surface area contributed by atoms with E-state index in [0.29, 0.717) is 0 Å². The second kappa shape index (κ2) is 5.99. The normalized spacial score (nSPS) is 23.0. The van der Waals surface area contributed by atoms with Gasteiger partial charge in [0.15, 0.2) is 0 Å². The summed E-state index contributed by atoms with van der Waals surface area (Å²) in [5, 5.41) is 3.34. The van der Waals surface area contributed by atoms with Gasteiger partial charge in [-0.15, -0.1) is 0 Å². The fourth-order valence-electron chi connectivity index (χ4n) is 2.89. The maximum atomic E-state index is 12.9. The smallest absolute Gasteiger partial charge is 0.123 e. The van der Waals surface area contributed by atoms with E-state index in [2.05, 4.69) is 15.1 Å². The van der Waals surface area contributed by atoms with Gasteiger partial charge >= 0.3 is 0 Å². The maximum Gasteiger partial charge on any atom is 0.123 e. The van der Waals surface area contributed by atoms with Crippen molar-refractivity contribution in [2.24, 2.45) is 0 Å². The van der Waals surface area contributed by atoms with Crippen LogP contribution in [0.1, 0.15) is 12.0 Å². The molecule has 3 nitrogen and oxygen atoms in total. The summed E-state index contributed by atoms with van der Waals surface area (Å²) in [7, 11) is 0. The van der Waals surface area contributed by atoms with E-state index < -0.39 is 0 Å². The van der Waals surface area contributed by atoms with Crippen LogP contribution < -0.4 is 5.32 Å². The summed E-state index contributed by atoms with van der Waals surface area (Å²) < 4.78 is 12.9. The fourth-order valence-corrected chi connectivity index (χ4v) is 2.89. The quantitative estimate of drug-likeness (QED) is 0.887. The molecule has 0 saturated carbocycles. The molecule has 4 heteroatoms. The third kappa shape index (κ3) is 3.32. The zero-order valence-electron chi connectivity index (χ0n) is 11.3. The lowest BCUT2D eigenvalue weighted by atomic mass is 10.1. The van der Waals surface area contributed by atoms with E-state index in [1.54, 1.807) is 12.1 Å². The first-order valence-electron chi connectivity index (χ1n) is 7.23. The van der Waals surface area contributed by atoms with Gasteiger partial charge in [0.25, 0.3) is 0 Å². The maximum absolute atomic E-state index is 12.9. The summed E-state index contributed by atoms with van der Waals surface area (Å²) in [6.45, 7) is 7.88. The highest BCUT2D eigenvalue weighted by Crippen LogP contribution is 2.13. The number of nitrogens with zero attached hydrogens (tertiary/aromatic N) is 2. The van der Waals surface area contributed by atoms with Crippen molar-refractivity contribution in [3.8, 4) is 0 Å². The molecular weight excluding hydrogens is 241 g/mol. The minimum absolute atomic E-state index is 0.150. The van der Waals surface area contributed by atoms with Crippen molar-refractivity contribution in [3.05, 3.63) is 35.6 Å². The van der Waals surface area contributed by atoms with E-state index in [9.17, 15) is 4.39 Å². The monoisotopic (exact) mass is 263 g/mol. The number of nitrogens with one attached hydrogen (secondary N) is 1. The van der Waals surface area contributed by atoms with Crippen LogP contribution in [0.5, 0.6) is 0 Å². The summed E-state index contributed by atoms with van der Waals surface area (Å²) >= 11 is 0. The molecule has 0 radical (unpaired) electrons. The van der Waals surface area contributed by atoms with Gasteiger partial charge in [0, 0.05) is 38.8 Å². The molecule has 0 spiro atoms. The lowest BCUT2D eigenvalue weighted by molar-refractivity contribution is 0.148. The Morgan fingerprint density at radius 2 is 1.84 bits per heavy atom. The average molecular weight is 263 g/mol. The summed E-state index contributed by atoms with van der Waals surface area (Å²) in [4.78, 5) is 5.10. The van der Waals surface area contributed by atoms with Gasteiger partial charge in [0.2, 0.25) is 0 Å². The minimum Gasteiger partial charge on any atom is -0.314 e. The van der Waals surface area contributed by atoms with Gasteiger partial charge in [-0.2, -0.15) is 0 Å². The summed E-state index contributed by atoms with van der Waals surface area (Å²) in [6, 6.07) is 7.66. The fraction of sp³-hybridized carbons (Fsp3) is 0.600. The van der Waals surface area contributed by atoms with Crippen molar-refractivity contribution >= 4 is 0 Å². The van der Waals surface area contributed by atoms with E-state index in [1.807, 2.05) is 12.1 Å². The van der Waals surface area contributed by atoms with Crippen molar-refractivity contribution in [3.63, 3.8) is 0 Å². The second-order valence-corrected chi connectivity index (χ2v) is 5.60. The molecule has 0 unspecified atom stereocenters. The Labute approximate surface area is 114 Å². The Balaban J connectivity index is 1.53. The van der Waals surface area contributed by atoms with Crippen LogP contribution in [0, 0.1) is 5.82 Å². The first-order valence-corrected chi connectivity index (χ1v) is 7.23. The number of halogens is 1. The van der Waals surface area contributed by atoms with Crippen molar-refractivity contribution < 1.29 is 4.39 Å². The van der Waals surface area contributed by atoms with Gasteiger partial charge < -0.3 is 5.32 Å². The van der Waals surface area contributed by atoms with E-state index >= 15 is 0 Å². The van der Waals surface area contributed by atoms with E-state index in [4.69, 9.17) is 0 Å². The Morgan fingerprint density at radius 1 is 1.05 bits per heavy atom. The summed E-state index contributed by atoms with van der Waals surface area (Å²) in [6.07, 6.45) is 1.23. The molecule has 0 bridgehead atoms. The van der Waals surface area contributed by atoms with E-state index in [0.717, 1.165) is 45.3 Å². The summed E-state index contributed by atoms with van der Waals surface area (Å²) in [5.41, 5.74) is 1.21. The molecular formula is C15H22FN3. The lowest BCUT2D eigenvalue weighted by Crippen LogP contribution is -2.57. The van der Waals surface area contributed by atoms with Gasteiger partial charge in [0.1, 0.15) is 5.82 Å². The highest BCUT2D eigenvalue weighted by atomic mass is 19.1. The molecule has 2 aliphatic heterocycles. The van der Waals surface area contributed by atoms with E-state index in [1.165, 1.54) is 18.5 Å². The number of benzene rings is 1. The molecule has 19 heavy (non-hydrogen) atoms. The van der Waals surface area contributed by atoms with Crippen molar-refractivity contribution in [2.75, 3.05) is 39.3 Å². The van der Waals surface area contributed by atoms with Crippen LogP contribution >= 0.6 is 0 Å². The predicted molar refractivity (Wildman–Crippen MR) is 74.5 cm³/mol. The van der Waals surface area contributed by atoms with Crippen molar-refractivity contribution in [1.29, 1.82) is 0 Å². The van der Waals surface area contributed by atoms with Gasteiger partial charge in [0.05, 0.1) is 0 Å². The molecule has 1 aromatic rings. The van der Waals surface area contributed by atoms with Crippen molar-refractivity contribution in [2.45, 2.75) is 19.0 Å². The van der Waals surface area contributed by atoms with Gasteiger partial charge in [-0.1, -0.05) is 12.1 Å². The molecule has 3 rings (SSSR count). The lowest BCUT2D eigenvalue weighted by Gasteiger charge is -2.37. The molecule has 104 valence electrons. The highest BCUT2D eigenvalue weighted by molar-refractivity contribution is 5.15. The molecule has 1 N–H and O–H groups in total. The SMILES string of the molecule is Fc1ccc(CN2CCCN(C3CNC3)CC2)cc1. The zero-order valence-corrected chi connectivity index (χ0v) is 11.3. The number of hydrogen-bond donors (Lipinski definition) is 1. The molecule has 2 heterocycles. The van der Waals surface area contributed by atoms with Gasteiger partial charge in [-0.25, -0.2) is 4.39 Å². The van der Waals surface area contributed by atoms with Crippen LogP contribution in [0.2, 0.25) is 0 Å². The molecule has 2 fully saturated rings. The molecule has 0 atom stereocenters. The first kappa shape index (κ1) is 13.0. The molecule has 0 aromatic heterocycles. The van der Waals surface area contributed by atoms with Crippen LogP contribution in [0.15, 0.2) is 24.3 Å². The van der Waals surface area contributed by atoms with Crippen LogP contribution in [-0.4, -0.2) is 55.1 Å². The first-order chi connectivity index (χ1) is 9.31. The Hall–Kier alpha value is -0.970. The van der Waals surface area contributed by atoms with E-state index in [-0.39, 0.29) is 5.82 Å². The third-order valence-electron chi connectivity index (χ3n) is 4.22. The molecule has 0 aliphatic carbocycles. The Morgan fingerprint density at radius 3 is 2.53 bits per heavy atom. The molecule has 2 aliphatic rings. The number of hydrogen-bond acceptors (Lipinski definition) is 3. The topological polar surface area (TPSA) is 18.5 Å². The third-order valence-corrected chi connectivity index (χ3v) is 4.22. The van der Waals surface area contributed by atoms with Gasteiger partial charge in [-0.05, 0) is 37.2 Å². The largest absolute Gasteiger partial charge is 0.314 e. The Kier molecular flexibility index (Phi) is 4.11. The molecule has 2 saturated heterocycles. The van der Waals surface area contributed by atoms with Gasteiger partial charge in [-0.3, -0.25) is 9.80 Å². The molecule has 0 amide bonds.